The zero-order valence-corrected chi connectivity index (χ0v) is 29.3. The van der Waals surface area contributed by atoms with E-state index in [4.69, 9.17) is 4.42 Å². The molecule has 0 saturated heterocycles. The summed E-state index contributed by atoms with van der Waals surface area (Å²) in [4.78, 5) is 0. The minimum atomic E-state index is -0.125. The third kappa shape index (κ3) is 3.97. The van der Waals surface area contributed by atoms with Gasteiger partial charge in [-0.25, -0.2) is 0 Å². The first kappa shape index (κ1) is 29.3. The van der Waals surface area contributed by atoms with Gasteiger partial charge in [0.05, 0.1) is 0 Å². The highest BCUT2D eigenvalue weighted by Crippen LogP contribution is 2.55. The molecule has 236 valence electrons. The first-order chi connectivity index (χ1) is 22.8. The maximum Gasteiger partial charge on any atom is 0.143 e. The summed E-state index contributed by atoms with van der Waals surface area (Å²) in [5, 5.41) is 9.80. The van der Waals surface area contributed by atoms with E-state index in [-0.39, 0.29) is 16.2 Å². The summed E-state index contributed by atoms with van der Waals surface area (Å²) in [5.74, 6) is 0. The minimum absolute atomic E-state index is 0.0108. The van der Waals surface area contributed by atoms with Gasteiger partial charge in [0.1, 0.15) is 11.2 Å². The Morgan fingerprint density at radius 2 is 0.979 bits per heavy atom. The normalized spacial score (nSPS) is 14.4. The lowest BCUT2D eigenvalue weighted by Gasteiger charge is -2.27. The minimum Gasteiger partial charge on any atom is -0.455 e. The van der Waals surface area contributed by atoms with Crippen molar-refractivity contribution in [3.8, 4) is 22.3 Å². The van der Waals surface area contributed by atoms with E-state index in [0.717, 1.165) is 22.1 Å². The number of rotatable bonds is 1. The quantitative estimate of drug-likeness (QED) is 0.166. The lowest BCUT2D eigenvalue weighted by atomic mass is 9.76. The van der Waals surface area contributed by atoms with Gasteiger partial charge in [-0.05, 0) is 88.8 Å². The van der Waals surface area contributed by atoms with Crippen molar-refractivity contribution in [1.29, 1.82) is 0 Å². The van der Waals surface area contributed by atoms with Crippen molar-refractivity contribution in [2.45, 2.75) is 71.6 Å². The van der Waals surface area contributed by atoms with Gasteiger partial charge in [0.2, 0.25) is 0 Å². The Hall–Kier alpha value is -4.88. The molecule has 0 aliphatic heterocycles. The van der Waals surface area contributed by atoms with Crippen molar-refractivity contribution in [2.75, 3.05) is 0 Å². The molecule has 0 amide bonds. The molecule has 0 N–H and O–H groups in total. The van der Waals surface area contributed by atoms with E-state index in [9.17, 15) is 0 Å². The summed E-state index contributed by atoms with van der Waals surface area (Å²) < 4.78 is 7.20. The van der Waals surface area contributed by atoms with Gasteiger partial charge < -0.3 is 4.42 Å². The number of benzene rings is 7. The molecule has 0 fully saturated rings. The SMILES string of the molecule is CC(C)(C)c1ccc2c(c1)C(C)(C)c1cc(C(C)(C)C)cc(-c3cccc4c3oc3c4ccc4c5ccccc5c5ccccc5c43)c1-2. The van der Waals surface area contributed by atoms with Crippen LogP contribution in [-0.4, -0.2) is 0 Å². The highest BCUT2D eigenvalue weighted by molar-refractivity contribution is 6.32. The second-order valence-electron chi connectivity index (χ2n) is 16.6. The highest BCUT2D eigenvalue weighted by Gasteiger charge is 2.39. The number of para-hydroxylation sites is 1. The third-order valence-corrected chi connectivity index (χ3v) is 11.2. The molecule has 1 aliphatic rings. The number of furan rings is 1. The monoisotopic (exact) mass is 622 g/mol. The fourth-order valence-electron chi connectivity index (χ4n) is 8.42. The molecule has 0 unspecified atom stereocenters. The summed E-state index contributed by atoms with van der Waals surface area (Å²) in [6, 6.07) is 41.0. The van der Waals surface area contributed by atoms with Crippen molar-refractivity contribution < 1.29 is 4.42 Å². The van der Waals surface area contributed by atoms with Crippen LogP contribution in [0.25, 0.3) is 76.5 Å². The van der Waals surface area contributed by atoms with Crippen LogP contribution in [0, 0.1) is 0 Å². The van der Waals surface area contributed by atoms with E-state index in [1.807, 2.05) is 0 Å². The topological polar surface area (TPSA) is 13.1 Å². The predicted molar refractivity (Wildman–Crippen MR) is 207 cm³/mol. The first-order valence-electron chi connectivity index (χ1n) is 17.4. The molecule has 0 bridgehead atoms. The smallest absolute Gasteiger partial charge is 0.143 e. The summed E-state index contributed by atoms with van der Waals surface area (Å²) >= 11 is 0. The maximum atomic E-state index is 7.20. The molecule has 7 aromatic carbocycles. The lowest BCUT2D eigenvalue weighted by molar-refractivity contribution is 0.580. The molecule has 8 aromatic rings. The molecule has 0 atom stereocenters. The molecular formula is C47H42O. The van der Waals surface area contributed by atoms with E-state index >= 15 is 0 Å². The summed E-state index contributed by atoms with van der Waals surface area (Å²) in [5.41, 5.74) is 12.5. The summed E-state index contributed by atoms with van der Waals surface area (Å²) in [7, 11) is 0. The van der Waals surface area contributed by atoms with Gasteiger partial charge in [-0.15, -0.1) is 0 Å². The number of hydrogen-bond donors (Lipinski definition) is 0. The van der Waals surface area contributed by atoms with E-state index in [0.29, 0.717) is 0 Å². The van der Waals surface area contributed by atoms with Crippen LogP contribution in [0.4, 0.5) is 0 Å². The van der Waals surface area contributed by atoms with Crippen molar-refractivity contribution in [2.24, 2.45) is 0 Å². The van der Waals surface area contributed by atoms with Crippen LogP contribution >= 0.6 is 0 Å². The number of hydrogen-bond acceptors (Lipinski definition) is 1. The molecule has 48 heavy (non-hydrogen) atoms. The Labute approximate surface area is 283 Å². The van der Waals surface area contributed by atoms with Crippen LogP contribution in [0.1, 0.15) is 77.6 Å². The van der Waals surface area contributed by atoms with Crippen LogP contribution in [0.2, 0.25) is 0 Å². The van der Waals surface area contributed by atoms with E-state index in [2.05, 4.69) is 165 Å². The van der Waals surface area contributed by atoms with Crippen molar-refractivity contribution >= 4 is 54.3 Å². The Bertz CT molecular complexity index is 2610. The molecule has 0 radical (unpaired) electrons. The molecule has 1 aliphatic carbocycles. The lowest BCUT2D eigenvalue weighted by Crippen LogP contribution is -2.19. The van der Waals surface area contributed by atoms with E-state index in [1.54, 1.807) is 0 Å². The van der Waals surface area contributed by atoms with Gasteiger partial charge >= 0.3 is 0 Å². The zero-order valence-electron chi connectivity index (χ0n) is 29.3. The van der Waals surface area contributed by atoms with Gasteiger partial charge in [-0.1, -0.05) is 152 Å². The molecule has 0 spiro atoms. The zero-order chi connectivity index (χ0) is 33.3. The average Bonchev–Trinajstić information content (AvgIpc) is 3.56. The van der Waals surface area contributed by atoms with Crippen LogP contribution in [0.15, 0.2) is 114 Å². The molecule has 1 heteroatoms. The van der Waals surface area contributed by atoms with Crippen LogP contribution in [0.3, 0.4) is 0 Å². The summed E-state index contributed by atoms with van der Waals surface area (Å²) in [6.07, 6.45) is 0. The van der Waals surface area contributed by atoms with E-state index in [1.165, 1.54) is 76.6 Å². The van der Waals surface area contributed by atoms with E-state index < -0.39 is 0 Å². The molecule has 9 rings (SSSR count). The maximum absolute atomic E-state index is 7.20. The van der Waals surface area contributed by atoms with Gasteiger partial charge in [-0.2, -0.15) is 0 Å². The summed E-state index contributed by atoms with van der Waals surface area (Å²) in [6.45, 7) is 18.7. The second-order valence-corrected chi connectivity index (χ2v) is 16.6. The largest absolute Gasteiger partial charge is 0.455 e. The molecule has 1 aromatic heterocycles. The van der Waals surface area contributed by atoms with Crippen LogP contribution in [0.5, 0.6) is 0 Å². The standard InChI is InChI=1S/C47H42O/c1-45(2,3)27-20-21-37-39(25-27)47(7,8)40-26-28(46(4,5)6)24-38(41(37)40)35-19-13-18-34-36-23-22-33-31-16-10-9-14-29(31)30-15-11-12-17-32(30)42(33)44(36)48-43(34)35/h9-26H,1-8H3. The molecule has 1 heterocycles. The highest BCUT2D eigenvalue weighted by atomic mass is 16.3. The Morgan fingerprint density at radius 1 is 0.438 bits per heavy atom. The van der Waals surface area contributed by atoms with Crippen molar-refractivity contribution in [3.05, 3.63) is 131 Å². The molecular weight excluding hydrogens is 581 g/mol. The number of fused-ring (bicyclic) bond motifs is 13. The Kier molecular flexibility index (Phi) is 5.86. The molecule has 1 nitrogen and oxygen atoms in total. The Morgan fingerprint density at radius 3 is 1.65 bits per heavy atom. The van der Waals surface area contributed by atoms with Gasteiger partial charge in [0, 0.05) is 27.1 Å². The van der Waals surface area contributed by atoms with Crippen LogP contribution < -0.4 is 0 Å². The van der Waals surface area contributed by atoms with Crippen molar-refractivity contribution in [3.63, 3.8) is 0 Å². The molecule has 0 saturated carbocycles. The fraction of sp³-hybridized carbons (Fsp3) is 0.234. The Balaban J connectivity index is 1.40. The van der Waals surface area contributed by atoms with Gasteiger partial charge in [0.15, 0.2) is 0 Å². The third-order valence-electron chi connectivity index (χ3n) is 11.2. The first-order valence-corrected chi connectivity index (χ1v) is 17.4. The second kappa shape index (κ2) is 9.60. The van der Waals surface area contributed by atoms with Gasteiger partial charge in [-0.3, -0.25) is 0 Å². The van der Waals surface area contributed by atoms with Crippen LogP contribution in [-0.2, 0) is 16.2 Å². The fourth-order valence-corrected chi connectivity index (χ4v) is 8.42. The van der Waals surface area contributed by atoms with Crippen molar-refractivity contribution in [1.82, 2.24) is 0 Å². The van der Waals surface area contributed by atoms with Gasteiger partial charge in [0.25, 0.3) is 0 Å². The average molecular weight is 623 g/mol. The predicted octanol–water partition coefficient (Wildman–Crippen LogP) is 13.6.